The van der Waals surface area contributed by atoms with Gasteiger partial charge in [0.25, 0.3) is 0 Å². The van der Waals surface area contributed by atoms with E-state index in [1.807, 2.05) is 19.1 Å². The number of imide groups is 1. The highest BCUT2D eigenvalue weighted by Crippen LogP contribution is 2.29. The van der Waals surface area contributed by atoms with Gasteiger partial charge in [0.2, 0.25) is 11.8 Å². The molecular weight excluding hydrogens is 216 g/mol. The maximum absolute atomic E-state index is 12.1. The molecule has 0 spiro atoms. The van der Waals surface area contributed by atoms with Crippen LogP contribution in [0.1, 0.15) is 31.2 Å². The predicted octanol–water partition coefficient (Wildman–Crippen LogP) is 1.52. The van der Waals surface area contributed by atoms with Crippen molar-refractivity contribution >= 4 is 17.5 Å². The van der Waals surface area contributed by atoms with E-state index < -0.39 is 0 Å². The zero-order valence-electron chi connectivity index (χ0n) is 9.85. The van der Waals surface area contributed by atoms with Crippen molar-refractivity contribution in [3.8, 4) is 0 Å². The lowest BCUT2D eigenvalue weighted by atomic mass is 9.89. The third-order valence-corrected chi connectivity index (χ3v) is 3.17. The molecule has 1 unspecified atom stereocenters. The minimum atomic E-state index is -0.201. The molecule has 1 aliphatic rings. The van der Waals surface area contributed by atoms with Crippen LogP contribution in [0.4, 0.5) is 5.69 Å². The first-order chi connectivity index (χ1) is 8.13. The number of carbonyl (C=O) groups is 2. The van der Waals surface area contributed by atoms with E-state index in [9.17, 15) is 9.59 Å². The van der Waals surface area contributed by atoms with E-state index in [1.165, 1.54) is 4.90 Å². The van der Waals surface area contributed by atoms with Crippen LogP contribution in [0.25, 0.3) is 0 Å². The summed E-state index contributed by atoms with van der Waals surface area (Å²) in [5.41, 5.74) is 7.24. The highest BCUT2D eigenvalue weighted by atomic mass is 16.2. The van der Waals surface area contributed by atoms with E-state index in [2.05, 4.69) is 0 Å². The molecule has 1 heterocycles. The molecule has 4 nitrogen and oxygen atoms in total. The van der Waals surface area contributed by atoms with E-state index in [0.717, 1.165) is 5.56 Å². The van der Waals surface area contributed by atoms with Gasteiger partial charge >= 0.3 is 0 Å². The Morgan fingerprint density at radius 1 is 1.29 bits per heavy atom. The molecule has 1 fully saturated rings. The Bertz CT molecular complexity index is 439. The molecule has 0 radical (unpaired) electrons. The number of benzene rings is 1. The summed E-state index contributed by atoms with van der Waals surface area (Å²) in [7, 11) is 0. The highest BCUT2D eigenvalue weighted by molar-refractivity contribution is 6.01. The van der Waals surface area contributed by atoms with Crippen LogP contribution >= 0.6 is 0 Å². The average molecular weight is 232 g/mol. The summed E-state index contributed by atoms with van der Waals surface area (Å²) in [5.74, 6) is -0.356. The molecule has 1 atom stereocenters. The van der Waals surface area contributed by atoms with Gasteiger partial charge in [-0.3, -0.25) is 14.5 Å². The standard InChI is InChI=1S/C13H16N2O2/c1-2-15-12(16)8-7-11(13(15)17)9-3-5-10(14)6-4-9/h3-6,11H,2,7-8,14H2,1H3. The molecule has 4 heteroatoms. The fourth-order valence-electron chi connectivity index (χ4n) is 2.21. The lowest BCUT2D eigenvalue weighted by molar-refractivity contribution is -0.149. The first-order valence-electron chi connectivity index (χ1n) is 5.83. The van der Waals surface area contributed by atoms with Gasteiger partial charge in [0.1, 0.15) is 0 Å². The van der Waals surface area contributed by atoms with Crippen LogP contribution in [0.3, 0.4) is 0 Å². The number of anilines is 1. The number of nitrogen functional groups attached to an aromatic ring is 1. The largest absolute Gasteiger partial charge is 0.399 e. The number of carbonyl (C=O) groups excluding carboxylic acids is 2. The molecule has 2 rings (SSSR count). The Labute approximate surface area is 100 Å². The minimum Gasteiger partial charge on any atom is -0.399 e. The van der Waals surface area contributed by atoms with Crippen molar-refractivity contribution in [3.63, 3.8) is 0 Å². The molecule has 1 aromatic carbocycles. The second kappa shape index (κ2) is 4.57. The first-order valence-corrected chi connectivity index (χ1v) is 5.83. The molecular formula is C13H16N2O2. The summed E-state index contributed by atoms with van der Waals surface area (Å²) >= 11 is 0. The highest BCUT2D eigenvalue weighted by Gasteiger charge is 2.33. The summed E-state index contributed by atoms with van der Waals surface area (Å²) in [4.78, 5) is 25.0. The maximum Gasteiger partial charge on any atom is 0.236 e. The number of piperidine rings is 1. The normalized spacial score (nSPS) is 20.8. The number of likely N-dealkylation sites (N-methyl/N-ethyl adjacent to an activating group) is 1. The molecule has 1 aliphatic heterocycles. The number of amides is 2. The number of hydrogen-bond donors (Lipinski definition) is 1. The van der Waals surface area contributed by atoms with Crippen LogP contribution in [0, 0.1) is 0 Å². The van der Waals surface area contributed by atoms with Crippen LogP contribution in [0.5, 0.6) is 0 Å². The van der Waals surface area contributed by atoms with E-state index >= 15 is 0 Å². The zero-order valence-corrected chi connectivity index (χ0v) is 9.85. The van der Waals surface area contributed by atoms with Gasteiger partial charge in [-0.05, 0) is 31.0 Å². The Hall–Kier alpha value is -1.84. The van der Waals surface area contributed by atoms with E-state index in [0.29, 0.717) is 25.1 Å². The Kier molecular flexibility index (Phi) is 3.13. The summed E-state index contributed by atoms with van der Waals surface area (Å²) in [6.07, 6.45) is 1.03. The predicted molar refractivity (Wildman–Crippen MR) is 65.2 cm³/mol. The number of nitrogens with two attached hydrogens (primary N) is 1. The van der Waals surface area contributed by atoms with E-state index in [-0.39, 0.29) is 17.7 Å². The second-order valence-corrected chi connectivity index (χ2v) is 4.23. The second-order valence-electron chi connectivity index (χ2n) is 4.23. The van der Waals surface area contributed by atoms with Gasteiger partial charge in [-0.1, -0.05) is 12.1 Å². The zero-order chi connectivity index (χ0) is 12.4. The van der Waals surface area contributed by atoms with Gasteiger partial charge in [0, 0.05) is 18.7 Å². The summed E-state index contributed by atoms with van der Waals surface area (Å²) in [6, 6.07) is 7.30. The first kappa shape index (κ1) is 11.6. The van der Waals surface area contributed by atoms with Crippen molar-refractivity contribution in [1.82, 2.24) is 4.90 Å². The third kappa shape index (κ3) is 2.16. The molecule has 2 amide bonds. The number of likely N-dealkylation sites (tertiary alicyclic amines) is 1. The molecule has 0 saturated carbocycles. The Balaban J connectivity index is 2.25. The fourth-order valence-corrected chi connectivity index (χ4v) is 2.21. The Morgan fingerprint density at radius 2 is 1.94 bits per heavy atom. The van der Waals surface area contributed by atoms with Crippen LogP contribution < -0.4 is 5.73 Å². The SMILES string of the molecule is CCN1C(=O)CCC(c2ccc(N)cc2)C1=O. The Morgan fingerprint density at radius 3 is 2.53 bits per heavy atom. The smallest absolute Gasteiger partial charge is 0.236 e. The summed E-state index contributed by atoms with van der Waals surface area (Å²) < 4.78 is 0. The van der Waals surface area contributed by atoms with Crippen LogP contribution in [-0.4, -0.2) is 23.3 Å². The minimum absolute atomic E-state index is 0.0656. The monoisotopic (exact) mass is 232 g/mol. The van der Waals surface area contributed by atoms with Crippen LogP contribution in [0.15, 0.2) is 24.3 Å². The number of nitrogens with zero attached hydrogens (tertiary/aromatic N) is 1. The van der Waals surface area contributed by atoms with Gasteiger partial charge in [0.15, 0.2) is 0 Å². The van der Waals surface area contributed by atoms with Crippen molar-refractivity contribution in [3.05, 3.63) is 29.8 Å². The van der Waals surface area contributed by atoms with Gasteiger partial charge < -0.3 is 5.73 Å². The van der Waals surface area contributed by atoms with Gasteiger partial charge in [-0.15, -0.1) is 0 Å². The van der Waals surface area contributed by atoms with Crippen LogP contribution in [0.2, 0.25) is 0 Å². The van der Waals surface area contributed by atoms with Crippen molar-refractivity contribution < 1.29 is 9.59 Å². The summed E-state index contributed by atoms with van der Waals surface area (Å²) in [5, 5.41) is 0. The molecule has 1 saturated heterocycles. The van der Waals surface area contributed by atoms with Crippen molar-refractivity contribution in [2.75, 3.05) is 12.3 Å². The summed E-state index contributed by atoms with van der Waals surface area (Å²) in [6.45, 7) is 2.27. The lowest BCUT2D eigenvalue weighted by Gasteiger charge is -2.30. The molecule has 17 heavy (non-hydrogen) atoms. The molecule has 0 bridgehead atoms. The third-order valence-electron chi connectivity index (χ3n) is 3.17. The van der Waals surface area contributed by atoms with Gasteiger partial charge in [0.05, 0.1) is 5.92 Å². The lowest BCUT2D eigenvalue weighted by Crippen LogP contribution is -2.43. The van der Waals surface area contributed by atoms with Crippen molar-refractivity contribution in [2.24, 2.45) is 0 Å². The molecule has 1 aromatic rings. The quantitative estimate of drug-likeness (QED) is 0.621. The van der Waals surface area contributed by atoms with E-state index in [4.69, 9.17) is 5.73 Å². The molecule has 0 aromatic heterocycles. The fraction of sp³-hybridized carbons (Fsp3) is 0.385. The van der Waals surface area contributed by atoms with Gasteiger partial charge in [-0.25, -0.2) is 0 Å². The van der Waals surface area contributed by atoms with E-state index in [1.54, 1.807) is 12.1 Å². The topological polar surface area (TPSA) is 63.4 Å². The molecule has 90 valence electrons. The van der Waals surface area contributed by atoms with Gasteiger partial charge in [-0.2, -0.15) is 0 Å². The number of rotatable bonds is 2. The molecule has 0 aliphatic carbocycles. The maximum atomic E-state index is 12.1. The van der Waals surface area contributed by atoms with Crippen LogP contribution in [-0.2, 0) is 9.59 Å². The van der Waals surface area contributed by atoms with Crippen molar-refractivity contribution in [2.45, 2.75) is 25.7 Å². The average Bonchev–Trinajstić information content (AvgIpc) is 2.31. The molecule has 2 N–H and O–H groups in total. The van der Waals surface area contributed by atoms with Crippen molar-refractivity contribution in [1.29, 1.82) is 0 Å². The number of hydrogen-bond acceptors (Lipinski definition) is 3.